The normalized spacial score (nSPS) is 11.3. The first kappa shape index (κ1) is 12.3. The van der Waals surface area contributed by atoms with Gasteiger partial charge in [-0.05, 0) is 30.3 Å². The van der Waals surface area contributed by atoms with Gasteiger partial charge in [-0.25, -0.2) is 0 Å². The number of pyridine rings is 1. The van der Waals surface area contributed by atoms with E-state index in [-0.39, 0.29) is 5.56 Å². The van der Waals surface area contributed by atoms with Crippen LogP contribution in [-0.2, 0) is 0 Å². The van der Waals surface area contributed by atoms with E-state index in [1.165, 1.54) is 4.68 Å². The molecule has 2 aromatic rings. The summed E-state index contributed by atoms with van der Waals surface area (Å²) < 4.78 is 2.43. The van der Waals surface area contributed by atoms with Gasteiger partial charge >= 0.3 is 0 Å². The third-order valence-corrected chi connectivity index (χ3v) is 3.98. The Morgan fingerprint density at radius 2 is 1.90 bits per heavy atom. The second-order valence-corrected chi connectivity index (χ2v) is 5.71. The van der Waals surface area contributed by atoms with Gasteiger partial charge in [0.2, 0.25) is 0 Å². The fourth-order valence-electron chi connectivity index (χ4n) is 2.48. The smallest absolute Gasteiger partial charge is 0.282 e. The van der Waals surface area contributed by atoms with E-state index in [1.807, 2.05) is 48.5 Å². The molecule has 0 radical (unpaired) electrons. The minimum atomic E-state index is -0.114. The second kappa shape index (κ2) is 4.56. The fourth-order valence-corrected chi connectivity index (χ4v) is 2.84. The molecule has 0 bridgehead atoms. The van der Waals surface area contributed by atoms with Crippen LogP contribution in [0.25, 0.3) is 27.8 Å². The molecule has 1 N–H and O–H groups in total. The van der Waals surface area contributed by atoms with Crippen LogP contribution in [0, 0.1) is 0 Å². The largest absolute Gasteiger partial charge is 0.360 e. The Morgan fingerprint density at radius 3 is 2.71 bits per heavy atom. The summed E-state index contributed by atoms with van der Waals surface area (Å²) in [5.41, 5.74) is 2.90. The summed E-state index contributed by atoms with van der Waals surface area (Å²) in [5.74, 6) is 0. The maximum absolute atomic E-state index is 12.5. The lowest BCUT2D eigenvalue weighted by Crippen LogP contribution is -2.14. The standard InChI is InChI=1S/C16H10BrN3O/c17-10-6-7-12-14(8-10)18-9-13-15(12)19-20(16(13)21)11-4-2-1-3-5-11/h1-9,18H. The number of hydrogen-bond donors (Lipinski definition) is 1. The minimum Gasteiger partial charge on any atom is -0.360 e. The summed E-state index contributed by atoms with van der Waals surface area (Å²) in [6.07, 6.45) is 1.72. The van der Waals surface area contributed by atoms with Gasteiger partial charge in [-0.15, -0.1) is 0 Å². The fraction of sp³-hybridized carbons (Fsp3) is 0. The summed E-state index contributed by atoms with van der Waals surface area (Å²) in [7, 11) is 0. The van der Waals surface area contributed by atoms with Crippen LogP contribution in [0.3, 0.4) is 0 Å². The van der Waals surface area contributed by atoms with Gasteiger partial charge in [0.05, 0.1) is 11.3 Å². The van der Waals surface area contributed by atoms with E-state index < -0.39 is 0 Å². The van der Waals surface area contributed by atoms with Gasteiger partial charge in [-0.3, -0.25) is 4.79 Å². The number of rotatable bonds is 1. The van der Waals surface area contributed by atoms with Crippen molar-refractivity contribution >= 4 is 26.8 Å². The molecule has 2 aromatic carbocycles. The summed E-state index contributed by atoms with van der Waals surface area (Å²) >= 11 is 3.45. The zero-order valence-corrected chi connectivity index (χ0v) is 12.5. The first-order valence-electron chi connectivity index (χ1n) is 6.49. The molecule has 2 aliphatic rings. The number of para-hydroxylation sites is 1. The zero-order valence-electron chi connectivity index (χ0n) is 10.9. The van der Waals surface area contributed by atoms with Crippen molar-refractivity contribution in [2.24, 2.45) is 0 Å². The van der Waals surface area contributed by atoms with Gasteiger partial charge in [0.1, 0.15) is 5.69 Å². The molecule has 0 amide bonds. The van der Waals surface area contributed by atoms with E-state index in [0.717, 1.165) is 21.1 Å². The van der Waals surface area contributed by atoms with Crippen LogP contribution in [0.2, 0.25) is 0 Å². The highest BCUT2D eigenvalue weighted by Gasteiger charge is 2.18. The Labute approximate surface area is 128 Å². The van der Waals surface area contributed by atoms with Crippen molar-refractivity contribution in [3.8, 4) is 16.9 Å². The molecule has 21 heavy (non-hydrogen) atoms. The lowest BCUT2D eigenvalue weighted by Gasteiger charge is -2.02. The van der Waals surface area contributed by atoms with Gasteiger partial charge < -0.3 is 4.98 Å². The highest BCUT2D eigenvalue weighted by atomic mass is 79.9. The number of hydrogen-bond acceptors (Lipinski definition) is 2. The van der Waals surface area contributed by atoms with Crippen LogP contribution >= 0.6 is 15.9 Å². The van der Waals surface area contributed by atoms with E-state index in [4.69, 9.17) is 0 Å². The predicted molar refractivity (Wildman–Crippen MR) is 86.0 cm³/mol. The highest BCUT2D eigenvalue weighted by Crippen LogP contribution is 2.27. The van der Waals surface area contributed by atoms with Crippen LogP contribution in [0.5, 0.6) is 0 Å². The monoisotopic (exact) mass is 339 g/mol. The first-order valence-corrected chi connectivity index (χ1v) is 7.28. The van der Waals surface area contributed by atoms with Crippen LogP contribution in [0.15, 0.2) is 64.0 Å². The van der Waals surface area contributed by atoms with Gasteiger partial charge in [0.25, 0.3) is 5.56 Å². The van der Waals surface area contributed by atoms with Crippen molar-refractivity contribution in [2.45, 2.75) is 0 Å². The Balaban J connectivity index is 2.08. The molecular weight excluding hydrogens is 330 g/mol. The molecule has 0 saturated carbocycles. The molecule has 4 nitrogen and oxygen atoms in total. The molecule has 0 aromatic heterocycles. The van der Waals surface area contributed by atoms with Crippen molar-refractivity contribution in [3.05, 3.63) is 69.6 Å². The number of aromatic nitrogens is 3. The number of nitrogens with one attached hydrogen (secondary N) is 1. The van der Waals surface area contributed by atoms with Crippen molar-refractivity contribution < 1.29 is 0 Å². The number of halogens is 1. The van der Waals surface area contributed by atoms with Crippen LogP contribution in [0.1, 0.15) is 0 Å². The molecule has 5 heteroatoms. The second-order valence-electron chi connectivity index (χ2n) is 4.79. The summed E-state index contributed by atoms with van der Waals surface area (Å²) in [4.78, 5) is 15.7. The van der Waals surface area contributed by atoms with Gasteiger partial charge in [-0.1, -0.05) is 34.1 Å². The Morgan fingerprint density at radius 1 is 1.10 bits per heavy atom. The molecule has 0 saturated heterocycles. The van der Waals surface area contributed by atoms with Crippen LogP contribution in [-0.4, -0.2) is 14.8 Å². The molecular formula is C16H10BrN3O. The van der Waals surface area contributed by atoms with Crippen molar-refractivity contribution in [1.82, 2.24) is 14.8 Å². The molecule has 0 unspecified atom stereocenters. The molecule has 0 aliphatic carbocycles. The number of benzene rings is 2. The van der Waals surface area contributed by atoms with E-state index in [2.05, 4.69) is 26.0 Å². The maximum atomic E-state index is 12.5. The Kier molecular flexibility index (Phi) is 2.68. The third kappa shape index (κ3) is 1.89. The Bertz CT molecular complexity index is 972. The molecule has 4 rings (SSSR count). The van der Waals surface area contributed by atoms with E-state index in [9.17, 15) is 4.79 Å². The number of nitrogens with zero attached hydrogens (tertiary/aromatic N) is 2. The predicted octanol–water partition coefficient (Wildman–Crippen LogP) is 3.58. The van der Waals surface area contributed by atoms with E-state index >= 15 is 0 Å². The number of aromatic amines is 1. The number of fused-ring (bicyclic) bond motifs is 3. The molecule has 2 heterocycles. The quantitative estimate of drug-likeness (QED) is 0.576. The average Bonchev–Trinajstić information content (AvgIpc) is 2.85. The van der Waals surface area contributed by atoms with Crippen molar-refractivity contribution in [2.75, 3.05) is 0 Å². The van der Waals surface area contributed by atoms with E-state index in [0.29, 0.717) is 11.3 Å². The van der Waals surface area contributed by atoms with Gasteiger partial charge in [0.15, 0.2) is 0 Å². The maximum Gasteiger partial charge on any atom is 0.282 e. The molecule has 0 spiro atoms. The van der Waals surface area contributed by atoms with Crippen LogP contribution < -0.4 is 5.56 Å². The summed E-state index contributed by atoms with van der Waals surface area (Å²) in [6.45, 7) is 0. The topological polar surface area (TPSA) is 50.7 Å². The molecule has 102 valence electrons. The lowest BCUT2D eigenvalue weighted by atomic mass is 10.1. The highest BCUT2D eigenvalue weighted by molar-refractivity contribution is 9.10. The van der Waals surface area contributed by atoms with Crippen molar-refractivity contribution in [1.29, 1.82) is 0 Å². The Hall–Kier alpha value is -2.40. The van der Waals surface area contributed by atoms with E-state index in [1.54, 1.807) is 6.20 Å². The average molecular weight is 340 g/mol. The molecule has 0 atom stereocenters. The van der Waals surface area contributed by atoms with Gasteiger partial charge in [-0.2, -0.15) is 9.78 Å². The summed E-state index contributed by atoms with van der Waals surface area (Å²) in [5, 5.41) is 5.44. The minimum absolute atomic E-state index is 0.114. The van der Waals surface area contributed by atoms with Gasteiger partial charge in [0, 0.05) is 21.6 Å². The lowest BCUT2D eigenvalue weighted by molar-refractivity contribution is 0.859. The third-order valence-electron chi connectivity index (χ3n) is 3.49. The molecule has 0 fully saturated rings. The SMILES string of the molecule is O=c1c2c[nH]c3cc(Br)ccc3c-2nn1-c1ccccc1. The van der Waals surface area contributed by atoms with Crippen molar-refractivity contribution in [3.63, 3.8) is 0 Å². The number of H-pyrrole nitrogens is 1. The van der Waals surface area contributed by atoms with Crippen LogP contribution in [0.4, 0.5) is 0 Å². The summed E-state index contributed by atoms with van der Waals surface area (Å²) in [6, 6.07) is 15.3. The first-order chi connectivity index (χ1) is 10.2. The molecule has 2 aliphatic heterocycles. The zero-order chi connectivity index (χ0) is 14.4.